The van der Waals surface area contributed by atoms with Gasteiger partial charge in [0, 0.05) is 0 Å². The number of phenolic OH excluding ortho intramolecular Hbond substituents is 1. The molecule has 0 heterocycles. The molecule has 3 heteroatoms. The van der Waals surface area contributed by atoms with Gasteiger partial charge in [0.1, 0.15) is 18.1 Å². The molecule has 0 unspecified atom stereocenters. The van der Waals surface area contributed by atoms with Crippen molar-refractivity contribution in [2.45, 2.75) is 6.61 Å². The zero-order valence-corrected chi connectivity index (χ0v) is 11.3. The molecular formula is C18H14O3. The number of fused-ring (bicyclic) bond motifs is 1. The SMILES string of the molecule is O=Cc1c(OCc2cccc(O)c2)ccc2ccccc12. The van der Waals surface area contributed by atoms with Crippen molar-refractivity contribution in [2.75, 3.05) is 0 Å². The van der Waals surface area contributed by atoms with Crippen molar-refractivity contribution in [3.63, 3.8) is 0 Å². The van der Waals surface area contributed by atoms with E-state index < -0.39 is 0 Å². The maximum absolute atomic E-state index is 11.4. The second-order valence-corrected chi connectivity index (χ2v) is 4.77. The Morgan fingerprint density at radius 2 is 1.86 bits per heavy atom. The van der Waals surface area contributed by atoms with Gasteiger partial charge in [-0.25, -0.2) is 0 Å². The molecule has 3 nitrogen and oxygen atoms in total. The molecule has 0 aliphatic heterocycles. The Labute approximate surface area is 122 Å². The zero-order valence-electron chi connectivity index (χ0n) is 11.3. The number of ether oxygens (including phenoxy) is 1. The Hall–Kier alpha value is -2.81. The Morgan fingerprint density at radius 1 is 1.00 bits per heavy atom. The fourth-order valence-corrected chi connectivity index (χ4v) is 2.33. The molecule has 0 bridgehead atoms. The van der Waals surface area contributed by atoms with E-state index in [1.807, 2.05) is 36.4 Å². The summed E-state index contributed by atoms with van der Waals surface area (Å²) in [7, 11) is 0. The van der Waals surface area contributed by atoms with Crippen LogP contribution in [0.3, 0.4) is 0 Å². The molecule has 0 saturated carbocycles. The molecule has 0 aromatic heterocycles. The first-order valence-electron chi connectivity index (χ1n) is 6.65. The highest BCUT2D eigenvalue weighted by Gasteiger charge is 2.08. The number of rotatable bonds is 4. The Bertz CT molecular complexity index is 793. The highest BCUT2D eigenvalue weighted by molar-refractivity contribution is 6.00. The minimum Gasteiger partial charge on any atom is -0.508 e. The molecule has 0 amide bonds. The second kappa shape index (κ2) is 5.67. The molecule has 1 N–H and O–H groups in total. The first-order chi connectivity index (χ1) is 10.3. The van der Waals surface area contributed by atoms with Crippen LogP contribution in [0.15, 0.2) is 60.7 Å². The number of hydrogen-bond acceptors (Lipinski definition) is 3. The molecule has 0 radical (unpaired) electrons. The molecule has 0 saturated heterocycles. The van der Waals surface area contributed by atoms with Crippen LogP contribution >= 0.6 is 0 Å². The van der Waals surface area contributed by atoms with Gasteiger partial charge >= 0.3 is 0 Å². The first-order valence-corrected chi connectivity index (χ1v) is 6.65. The van der Waals surface area contributed by atoms with Crippen molar-refractivity contribution in [1.82, 2.24) is 0 Å². The molecular weight excluding hydrogens is 264 g/mol. The third kappa shape index (κ3) is 2.72. The fourth-order valence-electron chi connectivity index (χ4n) is 2.33. The highest BCUT2D eigenvalue weighted by Crippen LogP contribution is 2.27. The van der Waals surface area contributed by atoms with Crippen LogP contribution in [0, 0.1) is 0 Å². The maximum Gasteiger partial charge on any atom is 0.154 e. The van der Waals surface area contributed by atoms with Crippen LogP contribution in [-0.2, 0) is 6.61 Å². The molecule has 0 aliphatic carbocycles. The van der Waals surface area contributed by atoms with Gasteiger partial charge in [0.25, 0.3) is 0 Å². The van der Waals surface area contributed by atoms with Crippen molar-refractivity contribution in [2.24, 2.45) is 0 Å². The molecule has 0 aliphatic rings. The summed E-state index contributed by atoms with van der Waals surface area (Å²) < 4.78 is 5.73. The summed E-state index contributed by atoms with van der Waals surface area (Å²) in [5.74, 6) is 0.747. The van der Waals surface area contributed by atoms with Crippen molar-refractivity contribution in [3.05, 3.63) is 71.8 Å². The second-order valence-electron chi connectivity index (χ2n) is 4.77. The number of phenols is 1. The van der Waals surface area contributed by atoms with Crippen LogP contribution in [0.4, 0.5) is 0 Å². The summed E-state index contributed by atoms with van der Waals surface area (Å²) in [6, 6.07) is 18.3. The Morgan fingerprint density at radius 3 is 2.67 bits per heavy atom. The summed E-state index contributed by atoms with van der Waals surface area (Å²) in [5, 5.41) is 11.3. The number of carbonyl (C=O) groups excluding carboxylic acids is 1. The predicted molar refractivity (Wildman–Crippen MR) is 81.8 cm³/mol. The molecule has 3 rings (SSSR count). The smallest absolute Gasteiger partial charge is 0.154 e. The van der Waals surface area contributed by atoms with E-state index in [-0.39, 0.29) is 5.75 Å². The fraction of sp³-hybridized carbons (Fsp3) is 0.0556. The molecule has 0 spiro atoms. The van der Waals surface area contributed by atoms with Crippen LogP contribution in [0.1, 0.15) is 15.9 Å². The zero-order chi connectivity index (χ0) is 14.7. The van der Waals surface area contributed by atoms with E-state index in [0.717, 1.165) is 22.6 Å². The summed E-state index contributed by atoms with van der Waals surface area (Å²) in [5.41, 5.74) is 1.40. The minimum atomic E-state index is 0.199. The third-order valence-electron chi connectivity index (χ3n) is 3.35. The van der Waals surface area contributed by atoms with Gasteiger partial charge in [-0.1, -0.05) is 42.5 Å². The van der Waals surface area contributed by atoms with Gasteiger partial charge in [0.05, 0.1) is 5.56 Å². The van der Waals surface area contributed by atoms with E-state index in [1.165, 1.54) is 0 Å². The first kappa shape index (κ1) is 13.2. The topological polar surface area (TPSA) is 46.5 Å². The normalized spacial score (nSPS) is 10.5. The lowest BCUT2D eigenvalue weighted by Crippen LogP contribution is -1.98. The van der Waals surface area contributed by atoms with Crippen LogP contribution in [0.2, 0.25) is 0 Å². The van der Waals surface area contributed by atoms with E-state index in [4.69, 9.17) is 4.74 Å². The lowest BCUT2D eigenvalue weighted by atomic mass is 10.0. The molecule has 104 valence electrons. The van der Waals surface area contributed by atoms with Crippen LogP contribution in [0.5, 0.6) is 11.5 Å². The highest BCUT2D eigenvalue weighted by atomic mass is 16.5. The van der Waals surface area contributed by atoms with E-state index in [9.17, 15) is 9.90 Å². The molecule has 21 heavy (non-hydrogen) atoms. The summed E-state index contributed by atoms with van der Waals surface area (Å²) >= 11 is 0. The van der Waals surface area contributed by atoms with Crippen LogP contribution in [0.25, 0.3) is 10.8 Å². The minimum absolute atomic E-state index is 0.199. The van der Waals surface area contributed by atoms with Crippen molar-refractivity contribution < 1.29 is 14.6 Å². The number of aromatic hydroxyl groups is 1. The van der Waals surface area contributed by atoms with Crippen molar-refractivity contribution >= 4 is 17.1 Å². The lowest BCUT2D eigenvalue weighted by molar-refractivity contribution is 0.112. The molecule has 0 atom stereocenters. The number of hydrogen-bond donors (Lipinski definition) is 1. The van der Waals surface area contributed by atoms with E-state index >= 15 is 0 Å². The molecule has 3 aromatic rings. The van der Waals surface area contributed by atoms with Gasteiger partial charge in [0.15, 0.2) is 6.29 Å². The van der Waals surface area contributed by atoms with Crippen molar-refractivity contribution in [3.8, 4) is 11.5 Å². The summed E-state index contributed by atoms with van der Waals surface area (Å²) in [6.45, 7) is 0.299. The standard InChI is InChI=1S/C18H14O3/c19-11-17-16-7-2-1-5-14(16)8-9-18(17)21-12-13-4-3-6-15(20)10-13/h1-11,20H,12H2. The Kier molecular flexibility index (Phi) is 3.56. The van der Waals surface area contributed by atoms with Crippen LogP contribution in [-0.4, -0.2) is 11.4 Å². The van der Waals surface area contributed by atoms with Gasteiger partial charge in [-0.2, -0.15) is 0 Å². The van der Waals surface area contributed by atoms with Gasteiger partial charge < -0.3 is 9.84 Å². The van der Waals surface area contributed by atoms with Gasteiger partial charge in [-0.15, -0.1) is 0 Å². The van der Waals surface area contributed by atoms with E-state index in [2.05, 4.69) is 0 Å². The Balaban J connectivity index is 1.92. The van der Waals surface area contributed by atoms with E-state index in [1.54, 1.807) is 24.3 Å². The van der Waals surface area contributed by atoms with Crippen molar-refractivity contribution in [1.29, 1.82) is 0 Å². The molecule has 0 fully saturated rings. The predicted octanol–water partition coefficient (Wildman–Crippen LogP) is 3.94. The monoisotopic (exact) mass is 278 g/mol. The van der Waals surface area contributed by atoms with Gasteiger partial charge in [-0.05, 0) is 34.5 Å². The summed E-state index contributed by atoms with van der Waals surface area (Å²) in [4.78, 5) is 11.4. The van der Waals surface area contributed by atoms with Gasteiger partial charge in [0.2, 0.25) is 0 Å². The average Bonchev–Trinajstić information content (AvgIpc) is 2.52. The van der Waals surface area contributed by atoms with Crippen LogP contribution < -0.4 is 4.74 Å². The summed E-state index contributed by atoms with van der Waals surface area (Å²) in [6.07, 6.45) is 0.820. The van der Waals surface area contributed by atoms with E-state index in [0.29, 0.717) is 17.9 Å². The largest absolute Gasteiger partial charge is 0.508 e. The number of benzene rings is 3. The maximum atomic E-state index is 11.4. The number of aldehydes is 1. The quantitative estimate of drug-likeness (QED) is 0.735. The lowest BCUT2D eigenvalue weighted by Gasteiger charge is -2.11. The average molecular weight is 278 g/mol. The molecule has 3 aromatic carbocycles. The third-order valence-corrected chi connectivity index (χ3v) is 3.35. The number of carbonyl (C=O) groups is 1. The van der Waals surface area contributed by atoms with Gasteiger partial charge in [-0.3, -0.25) is 4.79 Å².